The van der Waals surface area contributed by atoms with Gasteiger partial charge in [0.25, 0.3) is 10.0 Å². The van der Waals surface area contributed by atoms with Gasteiger partial charge in [-0.1, -0.05) is 49.6 Å². The van der Waals surface area contributed by atoms with Gasteiger partial charge in [0.1, 0.15) is 0 Å². The summed E-state index contributed by atoms with van der Waals surface area (Å²) in [5.41, 5.74) is 1.55. The van der Waals surface area contributed by atoms with E-state index in [1.54, 1.807) is 10.9 Å². The minimum absolute atomic E-state index is 0.0394. The van der Waals surface area contributed by atoms with Crippen LogP contribution in [0.5, 0.6) is 0 Å². The van der Waals surface area contributed by atoms with Gasteiger partial charge in [-0.15, -0.1) is 11.3 Å². The van der Waals surface area contributed by atoms with Crippen molar-refractivity contribution in [2.45, 2.75) is 42.4 Å². The number of sulfonamides is 1. The molecule has 1 fully saturated rings. The van der Waals surface area contributed by atoms with Gasteiger partial charge in [-0.05, 0) is 24.3 Å². The van der Waals surface area contributed by atoms with Crippen LogP contribution in [-0.2, 0) is 10.0 Å². The summed E-state index contributed by atoms with van der Waals surface area (Å²) in [6, 6.07) is 11.0. The Hall–Kier alpha value is -1.24. The normalized spacial score (nSPS) is 16.0. The largest absolute Gasteiger partial charge is 0.265 e. The van der Waals surface area contributed by atoms with Crippen molar-refractivity contribution in [1.29, 1.82) is 0 Å². The zero-order valence-electron chi connectivity index (χ0n) is 11.8. The Bertz CT molecular complexity index is 619. The molecule has 1 heterocycles. The Labute approximate surface area is 130 Å². The van der Waals surface area contributed by atoms with Crippen LogP contribution in [0.3, 0.4) is 0 Å². The maximum Gasteiger partial charge on any atom is 0.265 e. The molecule has 0 spiro atoms. The molecule has 0 aliphatic heterocycles. The summed E-state index contributed by atoms with van der Waals surface area (Å²) in [5.74, 6) is 0.861. The molecule has 1 aromatic heterocycles. The molecule has 6 heteroatoms. The average Bonchev–Trinajstić information content (AvgIpc) is 3.04. The molecule has 1 aliphatic rings. The number of thiazole rings is 1. The molecule has 0 bridgehead atoms. The van der Waals surface area contributed by atoms with Crippen LogP contribution >= 0.6 is 11.3 Å². The predicted octanol–water partition coefficient (Wildman–Crippen LogP) is 3.52. The Balaban J connectivity index is 0.000000161. The first kappa shape index (κ1) is 16.1. The second kappa shape index (κ2) is 7.68. The molecule has 1 saturated carbocycles. The first-order valence-electron chi connectivity index (χ1n) is 7.04. The highest BCUT2D eigenvalue weighted by Crippen LogP contribution is 2.32. The number of aromatic nitrogens is 1. The van der Waals surface area contributed by atoms with Crippen LogP contribution in [0.25, 0.3) is 0 Å². The molecule has 2 N–H and O–H groups in total. The smallest absolute Gasteiger partial charge is 0.233 e. The van der Waals surface area contributed by atoms with Gasteiger partial charge < -0.3 is 0 Å². The SMILES string of the molecule is NS(=O)(=O)c1nccs1.c1ccc(C2CCCCC2)cc1. The zero-order valence-corrected chi connectivity index (χ0v) is 13.4. The van der Waals surface area contributed by atoms with Crippen molar-refractivity contribution >= 4 is 21.4 Å². The van der Waals surface area contributed by atoms with E-state index < -0.39 is 10.0 Å². The lowest BCUT2D eigenvalue weighted by Gasteiger charge is -2.21. The molecule has 1 aliphatic carbocycles. The summed E-state index contributed by atoms with van der Waals surface area (Å²) < 4.78 is 20.8. The Morgan fingerprint density at radius 2 is 1.76 bits per heavy atom. The molecule has 21 heavy (non-hydrogen) atoms. The molecule has 114 valence electrons. The standard InChI is InChI=1S/C12H16.C3H4N2O2S2/c1-3-7-11(8-4-1)12-9-5-2-6-10-12;4-9(6,7)3-5-1-2-8-3/h1,3-4,7-8,12H,2,5-6,9-10H2;1-2H,(H2,4,6,7). The highest BCUT2D eigenvalue weighted by atomic mass is 32.2. The lowest BCUT2D eigenvalue weighted by Crippen LogP contribution is -2.11. The van der Waals surface area contributed by atoms with Gasteiger partial charge in [0.2, 0.25) is 4.34 Å². The molecule has 4 nitrogen and oxygen atoms in total. The Kier molecular flexibility index (Phi) is 5.90. The minimum atomic E-state index is -3.55. The Morgan fingerprint density at radius 1 is 1.10 bits per heavy atom. The maximum absolute atomic E-state index is 10.4. The molecule has 3 rings (SSSR count). The van der Waals surface area contributed by atoms with E-state index in [-0.39, 0.29) is 4.34 Å². The quantitative estimate of drug-likeness (QED) is 0.918. The third kappa shape index (κ3) is 5.22. The van der Waals surface area contributed by atoms with Gasteiger partial charge in [0.05, 0.1) is 0 Å². The number of hydrogen-bond acceptors (Lipinski definition) is 4. The summed E-state index contributed by atoms with van der Waals surface area (Å²) in [4.78, 5) is 3.49. The summed E-state index contributed by atoms with van der Waals surface area (Å²) in [5, 5.41) is 6.28. The molecular weight excluding hydrogens is 304 g/mol. The molecule has 2 aromatic rings. The van der Waals surface area contributed by atoms with Gasteiger partial charge in [-0.3, -0.25) is 0 Å². The van der Waals surface area contributed by atoms with Crippen LogP contribution in [0.1, 0.15) is 43.6 Å². The van der Waals surface area contributed by atoms with Crippen LogP contribution in [-0.4, -0.2) is 13.4 Å². The molecule has 0 radical (unpaired) electrons. The number of benzene rings is 1. The lowest BCUT2D eigenvalue weighted by atomic mass is 9.84. The second-order valence-electron chi connectivity index (χ2n) is 5.09. The van der Waals surface area contributed by atoms with E-state index in [1.165, 1.54) is 38.3 Å². The van der Waals surface area contributed by atoms with Gasteiger partial charge >= 0.3 is 0 Å². The molecule has 0 saturated heterocycles. The van der Waals surface area contributed by atoms with Crippen LogP contribution in [0.4, 0.5) is 0 Å². The van der Waals surface area contributed by atoms with Crippen molar-refractivity contribution in [2.75, 3.05) is 0 Å². The molecule has 1 aromatic carbocycles. The summed E-state index contributed by atoms with van der Waals surface area (Å²) >= 11 is 1.01. The summed E-state index contributed by atoms with van der Waals surface area (Å²) in [7, 11) is -3.55. The topological polar surface area (TPSA) is 73.1 Å². The molecule has 0 amide bonds. The fourth-order valence-corrected chi connectivity index (χ4v) is 3.78. The highest BCUT2D eigenvalue weighted by molar-refractivity contribution is 7.91. The van der Waals surface area contributed by atoms with Crippen LogP contribution in [0.2, 0.25) is 0 Å². The first-order chi connectivity index (χ1) is 10.1. The number of nitrogens with two attached hydrogens (primary N) is 1. The van der Waals surface area contributed by atoms with E-state index in [4.69, 9.17) is 5.14 Å². The second-order valence-corrected chi connectivity index (χ2v) is 7.72. The maximum atomic E-state index is 10.4. The predicted molar refractivity (Wildman–Crippen MR) is 85.8 cm³/mol. The number of rotatable bonds is 2. The van der Waals surface area contributed by atoms with Gasteiger partial charge in [-0.25, -0.2) is 18.5 Å². The van der Waals surface area contributed by atoms with E-state index in [9.17, 15) is 8.42 Å². The first-order valence-corrected chi connectivity index (χ1v) is 9.47. The van der Waals surface area contributed by atoms with Crippen LogP contribution in [0, 0.1) is 0 Å². The third-order valence-corrected chi connectivity index (χ3v) is 5.67. The van der Waals surface area contributed by atoms with Gasteiger partial charge in [0, 0.05) is 11.6 Å². The number of hydrogen-bond donors (Lipinski definition) is 1. The van der Waals surface area contributed by atoms with E-state index in [1.807, 2.05) is 0 Å². The van der Waals surface area contributed by atoms with Crippen molar-refractivity contribution in [3.05, 3.63) is 47.5 Å². The van der Waals surface area contributed by atoms with Crippen LogP contribution < -0.4 is 5.14 Å². The van der Waals surface area contributed by atoms with Crippen molar-refractivity contribution in [1.82, 2.24) is 4.98 Å². The fraction of sp³-hybridized carbons (Fsp3) is 0.400. The van der Waals surface area contributed by atoms with E-state index in [0.717, 1.165) is 17.3 Å². The fourth-order valence-electron chi connectivity index (χ4n) is 2.51. The van der Waals surface area contributed by atoms with E-state index in [2.05, 4.69) is 35.3 Å². The molecule has 0 unspecified atom stereocenters. The van der Waals surface area contributed by atoms with Crippen molar-refractivity contribution in [3.8, 4) is 0 Å². The number of primary sulfonamides is 1. The van der Waals surface area contributed by atoms with Crippen molar-refractivity contribution < 1.29 is 8.42 Å². The van der Waals surface area contributed by atoms with E-state index >= 15 is 0 Å². The zero-order chi connectivity index (χ0) is 15.1. The van der Waals surface area contributed by atoms with Gasteiger partial charge in [-0.2, -0.15) is 0 Å². The van der Waals surface area contributed by atoms with Gasteiger partial charge in [0.15, 0.2) is 0 Å². The summed E-state index contributed by atoms with van der Waals surface area (Å²) in [6.45, 7) is 0. The highest BCUT2D eigenvalue weighted by Gasteiger charge is 2.14. The minimum Gasteiger partial charge on any atom is -0.233 e. The summed E-state index contributed by atoms with van der Waals surface area (Å²) in [6.07, 6.45) is 8.51. The van der Waals surface area contributed by atoms with E-state index in [0.29, 0.717) is 0 Å². The van der Waals surface area contributed by atoms with Crippen molar-refractivity contribution in [2.24, 2.45) is 5.14 Å². The lowest BCUT2D eigenvalue weighted by molar-refractivity contribution is 0.443. The van der Waals surface area contributed by atoms with Crippen LogP contribution in [0.15, 0.2) is 46.2 Å². The number of nitrogens with zero attached hydrogens (tertiary/aromatic N) is 1. The monoisotopic (exact) mass is 324 g/mol. The van der Waals surface area contributed by atoms with Crippen molar-refractivity contribution in [3.63, 3.8) is 0 Å². The third-order valence-electron chi connectivity index (χ3n) is 3.53. The Morgan fingerprint density at radius 3 is 2.24 bits per heavy atom. The average molecular weight is 324 g/mol. The molecule has 0 atom stereocenters. The molecular formula is C15H20N2O2S2.